The molecule has 5 aliphatic rings. The van der Waals surface area contributed by atoms with Gasteiger partial charge in [-0.1, -0.05) is 0 Å². The number of amides is 1. The Morgan fingerprint density at radius 1 is 1.14 bits per heavy atom. The Kier molecular flexibility index (Phi) is 3.52. The number of hydrogen-bond acceptors (Lipinski definition) is 2. The number of hydrogen-bond donors (Lipinski definition) is 2. The summed E-state index contributed by atoms with van der Waals surface area (Å²) in [5.74, 6) is 3.41. The molecule has 3 heteroatoms. The van der Waals surface area contributed by atoms with Crippen molar-refractivity contribution in [2.75, 3.05) is 13.1 Å². The van der Waals surface area contributed by atoms with E-state index in [2.05, 4.69) is 17.6 Å². The number of nitrogens with one attached hydrogen (secondary N) is 2. The summed E-state index contributed by atoms with van der Waals surface area (Å²) >= 11 is 0. The van der Waals surface area contributed by atoms with Gasteiger partial charge in [0.15, 0.2) is 0 Å². The van der Waals surface area contributed by atoms with Gasteiger partial charge in [0.05, 0.1) is 5.92 Å². The van der Waals surface area contributed by atoms with Crippen molar-refractivity contribution >= 4 is 5.91 Å². The van der Waals surface area contributed by atoms with Gasteiger partial charge in [-0.05, 0) is 88.0 Å². The highest BCUT2D eigenvalue weighted by atomic mass is 16.2. The molecule has 1 aliphatic heterocycles. The second kappa shape index (κ2) is 5.26. The number of carbonyl (C=O) groups is 1. The third-order valence-corrected chi connectivity index (χ3v) is 7.03. The minimum atomic E-state index is 0.204. The Morgan fingerprint density at radius 3 is 2.29 bits per heavy atom. The van der Waals surface area contributed by atoms with E-state index in [0.29, 0.717) is 17.4 Å². The van der Waals surface area contributed by atoms with Crippen LogP contribution in [0.15, 0.2) is 0 Å². The summed E-state index contributed by atoms with van der Waals surface area (Å²) in [5, 5.41) is 6.79. The first-order chi connectivity index (χ1) is 10.1. The molecule has 21 heavy (non-hydrogen) atoms. The molecule has 2 N–H and O–H groups in total. The second-order valence-corrected chi connectivity index (χ2v) is 8.55. The smallest absolute Gasteiger partial charge is 0.224 e. The molecule has 5 rings (SSSR count). The minimum Gasteiger partial charge on any atom is -0.353 e. The lowest BCUT2D eigenvalue weighted by Crippen LogP contribution is -2.57. The Morgan fingerprint density at radius 2 is 1.76 bits per heavy atom. The van der Waals surface area contributed by atoms with Crippen molar-refractivity contribution in [2.45, 2.75) is 64.3 Å². The Labute approximate surface area is 128 Å². The third-order valence-electron chi connectivity index (χ3n) is 7.03. The molecule has 1 amide bonds. The van der Waals surface area contributed by atoms with Gasteiger partial charge in [0.2, 0.25) is 5.91 Å². The monoisotopic (exact) mass is 290 g/mol. The molecule has 0 aromatic carbocycles. The molecule has 5 fully saturated rings. The fourth-order valence-corrected chi connectivity index (χ4v) is 6.27. The van der Waals surface area contributed by atoms with Crippen molar-refractivity contribution in [1.29, 1.82) is 0 Å². The maximum Gasteiger partial charge on any atom is 0.224 e. The molecule has 4 saturated carbocycles. The first-order valence-corrected chi connectivity index (χ1v) is 9.16. The zero-order chi connectivity index (χ0) is 14.4. The van der Waals surface area contributed by atoms with E-state index in [4.69, 9.17) is 0 Å². The van der Waals surface area contributed by atoms with Gasteiger partial charge in [0.1, 0.15) is 0 Å². The molecule has 2 atom stereocenters. The van der Waals surface area contributed by atoms with Crippen LogP contribution in [0.1, 0.15) is 58.3 Å². The van der Waals surface area contributed by atoms with Crippen molar-refractivity contribution < 1.29 is 4.79 Å². The fourth-order valence-electron chi connectivity index (χ4n) is 6.27. The van der Waals surface area contributed by atoms with Crippen LogP contribution in [-0.4, -0.2) is 25.0 Å². The zero-order valence-corrected chi connectivity index (χ0v) is 13.4. The summed E-state index contributed by atoms with van der Waals surface area (Å²) in [4.78, 5) is 12.6. The maximum absolute atomic E-state index is 12.6. The molecular weight excluding hydrogens is 260 g/mol. The zero-order valence-electron chi connectivity index (χ0n) is 13.4. The normalized spacial score (nSPS) is 46.3. The van der Waals surface area contributed by atoms with Crippen LogP contribution in [0.2, 0.25) is 0 Å². The van der Waals surface area contributed by atoms with Gasteiger partial charge >= 0.3 is 0 Å². The van der Waals surface area contributed by atoms with Gasteiger partial charge in [-0.15, -0.1) is 0 Å². The summed E-state index contributed by atoms with van der Waals surface area (Å²) in [5.41, 5.74) is 0.437. The predicted molar refractivity (Wildman–Crippen MR) is 83.8 cm³/mol. The fraction of sp³-hybridized carbons (Fsp3) is 0.944. The summed E-state index contributed by atoms with van der Waals surface area (Å²) < 4.78 is 0. The number of rotatable bonds is 3. The molecule has 4 aliphatic carbocycles. The van der Waals surface area contributed by atoms with Crippen LogP contribution in [0.5, 0.6) is 0 Å². The van der Waals surface area contributed by atoms with Crippen LogP contribution >= 0.6 is 0 Å². The van der Waals surface area contributed by atoms with E-state index in [9.17, 15) is 4.79 Å². The Bertz CT molecular complexity index is 378. The Balaban J connectivity index is 1.42. The lowest BCUT2D eigenvalue weighted by Gasteiger charge is -2.59. The van der Waals surface area contributed by atoms with Crippen LogP contribution in [0.3, 0.4) is 0 Å². The van der Waals surface area contributed by atoms with E-state index >= 15 is 0 Å². The highest BCUT2D eigenvalue weighted by Gasteiger charge is 2.53. The molecule has 0 spiro atoms. The van der Waals surface area contributed by atoms with E-state index in [1.807, 2.05) is 0 Å². The largest absolute Gasteiger partial charge is 0.353 e. The molecular formula is C18H30N2O. The van der Waals surface area contributed by atoms with Gasteiger partial charge in [0, 0.05) is 12.6 Å². The quantitative estimate of drug-likeness (QED) is 0.839. The van der Waals surface area contributed by atoms with Crippen molar-refractivity contribution in [1.82, 2.24) is 10.6 Å². The molecule has 1 heterocycles. The third kappa shape index (κ3) is 2.52. The van der Waals surface area contributed by atoms with Crippen LogP contribution < -0.4 is 10.6 Å². The molecule has 0 radical (unpaired) electrons. The average molecular weight is 290 g/mol. The highest BCUT2D eigenvalue weighted by Crippen LogP contribution is 2.61. The molecule has 3 nitrogen and oxygen atoms in total. The summed E-state index contributed by atoms with van der Waals surface area (Å²) in [7, 11) is 0. The first kappa shape index (κ1) is 14.0. The van der Waals surface area contributed by atoms with Crippen molar-refractivity contribution in [3.63, 3.8) is 0 Å². The topological polar surface area (TPSA) is 41.1 Å². The molecule has 4 bridgehead atoms. The van der Waals surface area contributed by atoms with Crippen LogP contribution in [0.25, 0.3) is 0 Å². The average Bonchev–Trinajstić information content (AvgIpc) is 2.46. The second-order valence-electron chi connectivity index (χ2n) is 8.55. The molecule has 118 valence electrons. The molecule has 1 unspecified atom stereocenters. The van der Waals surface area contributed by atoms with Gasteiger partial charge in [-0.25, -0.2) is 0 Å². The number of piperidine rings is 1. The highest BCUT2D eigenvalue weighted by molar-refractivity contribution is 5.79. The summed E-state index contributed by atoms with van der Waals surface area (Å²) in [6, 6.07) is 0.375. The Hall–Kier alpha value is -0.570. The van der Waals surface area contributed by atoms with Crippen molar-refractivity contribution in [3.8, 4) is 0 Å². The summed E-state index contributed by atoms with van der Waals surface area (Å²) in [6.07, 6.45) is 10.8. The first-order valence-electron chi connectivity index (χ1n) is 9.16. The standard InChI is InChI=1S/C18H30N2O/c1-12(20-17(21)16-3-2-4-19-11-16)18-8-13-5-14(9-18)7-15(6-13)10-18/h12-16,19H,2-11H2,1H3,(H,20,21)/t12?,13?,14?,15?,16-,18?/m1/s1. The van der Waals surface area contributed by atoms with Gasteiger partial charge in [0.25, 0.3) is 0 Å². The SMILES string of the molecule is CC(NC(=O)[C@@H]1CCCNC1)C12CC3CC(CC(C3)C1)C2. The minimum absolute atomic E-state index is 0.204. The van der Waals surface area contributed by atoms with Crippen molar-refractivity contribution in [3.05, 3.63) is 0 Å². The molecule has 0 aromatic rings. The van der Waals surface area contributed by atoms with Crippen LogP contribution in [0, 0.1) is 29.1 Å². The van der Waals surface area contributed by atoms with Crippen LogP contribution in [0.4, 0.5) is 0 Å². The number of carbonyl (C=O) groups excluding carboxylic acids is 1. The maximum atomic E-state index is 12.6. The lowest BCUT2D eigenvalue weighted by atomic mass is 9.48. The van der Waals surface area contributed by atoms with E-state index in [-0.39, 0.29) is 5.92 Å². The molecule has 1 saturated heterocycles. The van der Waals surface area contributed by atoms with Crippen molar-refractivity contribution in [2.24, 2.45) is 29.1 Å². The van der Waals surface area contributed by atoms with E-state index < -0.39 is 0 Å². The van der Waals surface area contributed by atoms with Gasteiger partial charge in [-0.2, -0.15) is 0 Å². The predicted octanol–water partition coefficient (Wildman–Crippen LogP) is 2.71. The van der Waals surface area contributed by atoms with E-state index in [1.165, 1.54) is 38.5 Å². The molecule has 0 aromatic heterocycles. The lowest BCUT2D eigenvalue weighted by molar-refractivity contribution is -0.130. The van der Waals surface area contributed by atoms with E-state index in [0.717, 1.165) is 43.7 Å². The van der Waals surface area contributed by atoms with Crippen LogP contribution in [-0.2, 0) is 4.79 Å². The van der Waals surface area contributed by atoms with E-state index in [1.54, 1.807) is 0 Å². The summed E-state index contributed by atoms with van der Waals surface area (Å²) in [6.45, 7) is 4.25. The van der Waals surface area contributed by atoms with Gasteiger partial charge in [-0.3, -0.25) is 4.79 Å². The van der Waals surface area contributed by atoms with Gasteiger partial charge < -0.3 is 10.6 Å².